The van der Waals surface area contributed by atoms with Gasteiger partial charge in [0.05, 0.1) is 26.1 Å². The van der Waals surface area contributed by atoms with E-state index in [4.69, 9.17) is 15.2 Å². The second-order valence-corrected chi connectivity index (χ2v) is 5.60. The molecule has 1 atom stereocenters. The normalized spacial score (nSPS) is 12.0. The average molecular weight is 323 g/mol. The van der Waals surface area contributed by atoms with Crippen LogP contribution in [-0.4, -0.2) is 24.0 Å². The molecule has 0 radical (unpaired) electrons. The number of methoxy groups -OCH3 is 2. The van der Waals surface area contributed by atoms with Gasteiger partial charge >= 0.3 is 0 Å². The number of hydrogen-bond donors (Lipinski definition) is 1. The summed E-state index contributed by atoms with van der Waals surface area (Å²) in [6.07, 6.45) is 3.78. The minimum atomic E-state index is -0.104. The number of rotatable bonds is 5. The molecule has 0 saturated heterocycles. The van der Waals surface area contributed by atoms with Gasteiger partial charge in [-0.15, -0.1) is 0 Å². The topological polar surface area (TPSA) is 62.3 Å². The van der Waals surface area contributed by atoms with Crippen LogP contribution >= 0.6 is 0 Å². The van der Waals surface area contributed by atoms with Crippen molar-refractivity contribution >= 4 is 0 Å². The van der Waals surface area contributed by atoms with Crippen LogP contribution in [0.3, 0.4) is 0 Å². The van der Waals surface area contributed by atoms with E-state index in [1.807, 2.05) is 66.5 Å². The maximum Gasteiger partial charge on any atom is 0.168 e. The number of aromatic nitrogens is 2. The summed E-state index contributed by atoms with van der Waals surface area (Å²) in [5.74, 6) is 1.34. The van der Waals surface area contributed by atoms with E-state index in [2.05, 4.69) is 5.10 Å². The zero-order chi connectivity index (χ0) is 17.1. The minimum Gasteiger partial charge on any atom is -0.493 e. The number of nitrogens with two attached hydrogens (primary N) is 1. The fourth-order valence-corrected chi connectivity index (χ4v) is 2.65. The number of ether oxygens (including phenoxy) is 2. The Balaban J connectivity index is 2.12. The smallest absolute Gasteiger partial charge is 0.168 e. The molecule has 0 spiro atoms. The summed E-state index contributed by atoms with van der Waals surface area (Å²) in [4.78, 5) is 0. The highest BCUT2D eigenvalue weighted by Crippen LogP contribution is 2.40. The molecular weight excluding hydrogens is 302 g/mol. The summed E-state index contributed by atoms with van der Waals surface area (Å²) in [5, 5.41) is 4.46. The molecule has 1 heterocycles. The summed E-state index contributed by atoms with van der Waals surface area (Å²) in [5.41, 5.74) is 9.88. The maximum atomic E-state index is 6.05. The average Bonchev–Trinajstić information content (AvgIpc) is 3.11. The van der Waals surface area contributed by atoms with E-state index in [0.29, 0.717) is 11.5 Å². The van der Waals surface area contributed by atoms with Crippen LogP contribution in [0.1, 0.15) is 18.5 Å². The number of para-hydroxylation sites is 1. The van der Waals surface area contributed by atoms with Crippen molar-refractivity contribution < 1.29 is 9.47 Å². The van der Waals surface area contributed by atoms with Crippen molar-refractivity contribution in [3.63, 3.8) is 0 Å². The Kier molecular flexibility index (Phi) is 4.53. The molecule has 24 heavy (non-hydrogen) atoms. The molecule has 0 bridgehead atoms. The Morgan fingerprint density at radius 2 is 1.83 bits per heavy atom. The molecular formula is C19H21N3O2. The summed E-state index contributed by atoms with van der Waals surface area (Å²) in [7, 11) is 3.26. The predicted molar refractivity (Wildman–Crippen MR) is 94.7 cm³/mol. The van der Waals surface area contributed by atoms with Gasteiger partial charge in [0, 0.05) is 23.4 Å². The monoisotopic (exact) mass is 323 g/mol. The molecule has 2 aromatic carbocycles. The van der Waals surface area contributed by atoms with Crippen LogP contribution < -0.4 is 15.2 Å². The molecule has 3 aromatic rings. The van der Waals surface area contributed by atoms with E-state index < -0.39 is 0 Å². The van der Waals surface area contributed by atoms with Gasteiger partial charge in [-0.2, -0.15) is 5.10 Å². The number of nitrogens with zero attached hydrogens (tertiary/aromatic N) is 2. The highest BCUT2D eigenvalue weighted by atomic mass is 16.5. The number of hydrogen-bond acceptors (Lipinski definition) is 4. The quantitative estimate of drug-likeness (QED) is 0.779. The molecule has 2 N–H and O–H groups in total. The van der Waals surface area contributed by atoms with Crippen LogP contribution in [-0.2, 0) is 0 Å². The summed E-state index contributed by atoms with van der Waals surface area (Å²) in [6.45, 7) is 1.94. The minimum absolute atomic E-state index is 0.104. The first-order valence-electron chi connectivity index (χ1n) is 7.76. The molecule has 3 rings (SSSR count). The molecule has 5 nitrogen and oxygen atoms in total. The van der Waals surface area contributed by atoms with Gasteiger partial charge in [-0.05, 0) is 36.8 Å². The molecule has 0 aliphatic rings. The second-order valence-electron chi connectivity index (χ2n) is 5.60. The van der Waals surface area contributed by atoms with Crippen molar-refractivity contribution in [2.24, 2.45) is 5.73 Å². The SMILES string of the molecule is COc1cc(C(C)N)cc(-c2cnn(-c3ccccc3)c2)c1OC. The lowest BCUT2D eigenvalue weighted by Crippen LogP contribution is -2.06. The van der Waals surface area contributed by atoms with Crippen LogP contribution in [0.4, 0.5) is 0 Å². The molecule has 124 valence electrons. The lowest BCUT2D eigenvalue weighted by Gasteiger charge is -2.16. The van der Waals surface area contributed by atoms with Crippen LogP contribution in [0.2, 0.25) is 0 Å². The van der Waals surface area contributed by atoms with E-state index in [-0.39, 0.29) is 6.04 Å². The molecule has 0 saturated carbocycles. The first-order valence-corrected chi connectivity index (χ1v) is 7.76. The molecule has 0 aliphatic carbocycles. The molecule has 0 fully saturated rings. The lowest BCUT2D eigenvalue weighted by atomic mass is 10.0. The van der Waals surface area contributed by atoms with Gasteiger partial charge in [0.1, 0.15) is 0 Å². The van der Waals surface area contributed by atoms with Crippen LogP contribution in [0.15, 0.2) is 54.9 Å². The van der Waals surface area contributed by atoms with Crippen molar-refractivity contribution in [2.75, 3.05) is 14.2 Å². The van der Waals surface area contributed by atoms with E-state index in [0.717, 1.165) is 22.4 Å². The van der Waals surface area contributed by atoms with E-state index in [9.17, 15) is 0 Å². The highest BCUT2D eigenvalue weighted by molar-refractivity contribution is 5.74. The zero-order valence-electron chi connectivity index (χ0n) is 14.1. The fraction of sp³-hybridized carbons (Fsp3) is 0.211. The lowest BCUT2D eigenvalue weighted by molar-refractivity contribution is 0.355. The van der Waals surface area contributed by atoms with E-state index in [1.54, 1.807) is 14.2 Å². The van der Waals surface area contributed by atoms with Gasteiger partial charge in [0.2, 0.25) is 0 Å². The standard InChI is InChI=1S/C19H21N3O2/c1-13(20)14-9-17(19(24-3)18(10-14)23-2)15-11-21-22(12-15)16-7-5-4-6-8-16/h4-13H,20H2,1-3H3. The highest BCUT2D eigenvalue weighted by Gasteiger charge is 2.17. The summed E-state index contributed by atoms with van der Waals surface area (Å²) in [6, 6.07) is 13.8. The van der Waals surface area contributed by atoms with Crippen molar-refractivity contribution in [1.82, 2.24) is 9.78 Å². The summed E-state index contributed by atoms with van der Waals surface area (Å²) < 4.78 is 12.9. The van der Waals surface area contributed by atoms with Gasteiger partial charge in [-0.1, -0.05) is 18.2 Å². The molecule has 1 aromatic heterocycles. The van der Waals surface area contributed by atoms with E-state index in [1.165, 1.54) is 0 Å². The van der Waals surface area contributed by atoms with E-state index >= 15 is 0 Å². The van der Waals surface area contributed by atoms with Gasteiger partial charge in [0.25, 0.3) is 0 Å². The van der Waals surface area contributed by atoms with Crippen LogP contribution in [0.25, 0.3) is 16.8 Å². The van der Waals surface area contributed by atoms with Crippen molar-refractivity contribution in [3.8, 4) is 28.3 Å². The Morgan fingerprint density at radius 3 is 2.46 bits per heavy atom. The largest absolute Gasteiger partial charge is 0.493 e. The summed E-state index contributed by atoms with van der Waals surface area (Å²) >= 11 is 0. The first kappa shape index (κ1) is 16.1. The predicted octanol–water partition coefficient (Wildman–Crippen LogP) is 3.58. The van der Waals surface area contributed by atoms with Crippen LogP contribution in [0, 0.1) is 0 Å². The van der Waals surface area contributed by atoms with Crippen molar-refractivity contribution in [3.05, 3.63) is 60.4 Å². The second kappa shape index (κ2) is 6.76. The van der Waals surface area contributed by atoms with Gasteiger partial charge in [-0.25, -0.2) is 4.68 Å². The number of benzene rings is 2. The Labute approximate surface area is 141 Å². The zero-order valence-corrected chi connectivity index (χ0v) is 14.1. The third kappa shape index (κ3) is 2.98. The third-order valence-electron chi connectivity index (χ3n) is 3.94. The molecule has 0 aliphatic heterocycles. The third-order valence-corrected chi connectivity index (χ3v) is 3.94. The molecule has 0 amide bonds. The molecule has 1 unspecified atom stereocenters. The van der Waals surface area contributed by atoms with Crippen LogP contribution in [0.5, 0.6) is 11.5 Å². The fourth-order valence-electron chi connectivity index (χ4n) is 2.65. The van der Waals surface area contributed by atoms with Gasteiger partial charge < -0.3 is 15.2 Å². The van der Waals surface area contributed by atoms with Gasteiger partial charge in [0.15, 0.2) is 11.5 Å². The Bertz CT molecular complexity index is 826. The van der Waals surface area contributed by atoms with Crippen molar-refractivity contribution in [1.29, 1.82) is 0 Å². The Hall–Kier alpha value is -2.79. The first-order chi connectivity index (χ1) is 11.6. The molecule has 5 heteroatoms. The maximum absolute atomic E-state index is 6.05. The van der Waals surface area contributed by atoms with Gasteiger partial charge in [-0.3, -0.25) is 0 Å². The van der Waals surface area contributed by atoms with Crippen molar-refractivity contribution in [2.45, 2.75) is 13.0 Å². The Morgan fingerprint density at radius 1 is 1.08 bits per heavy atom.